The molecule has 5 heteroatoms. The molecule has 0 saturated carbocycles. The Bertz CT molecular complexity index is 819. The number of hydrogen-bond donors (Lipinski definition) is 0. The second-order valence-corrected chi connectivity index (χ2v) is 7.60. The van der Waals surface area contributed by atoms with Gasteiger partial charge in [0, 0.05) is 47.3 Å². The van der Waals surface area contributed by atoms with Crippen LogP contribution in [0, 0.1) is 13.8 Å². The van der Waals surface area contributed by atoms with E-state index in [0.717, 1.165) is 37.6 Å². The smallest absolute Gasteiger partial charge is 0.0638 e. The van der Waals surface area contributed by atoms with Crippen LogP contribution in [-0.2, 0) is 26.2 Å². The second kappa shape index (κ2) is 8.23. The zero-order chi connectivity index (χ0) is 17.6. The molecule has 130 valence electrons. The van der Waals surface area contributed by atoms with Crippen molar-refractivity contribution in [2.75, 3.05) is 0 Å². The highest BCUT2D eigenvalue weighted by Gasteiger charge is 2.13. The predicted molar refractivity (Wildman–Crippen MR) is 103 cm³/mol. The van der Waals surface area contributed by atoms with Crippen LogP contribution >= 0.6 is 11.3 Å². The zero-order valence-electron chi connectivity index (χ0n) is 14.9. The van der Waals surface area contributed by atoms with Gasteiger partial charge in [0.2, 0.25) is 0 Å². The highest BCUT2D eigenvalue weighted by atomic mass is 32.1. The third-order valence-electron chi connectivity index (χ3n) is 4.05. The molecule has 4 nitrogen and oxygen atoms in total. The van der Waals surface area contributed by atoms with E-state index in [0.29, 0.717) is 0 Å². The molecule has 0 aliphatic rings. The molecule has 0 N–H and O–H groups in total. The number of rotatable bonds is 8. The standard InChI is InChI=1S/C20H24N4S/c1-4-11-24-13-18(17(3)22-24)12-23(14-19-7-5-6-10-21-19)15-20-9-8-16(2)25-20/h4-10,13H,1,11-12,14-15H2,2-3H3. The van der Waals surface area contributed by atoms with Crippen LogP contribution in [0.5, 0.6) is 0 Å². The molecular formula is C20H24N4S. The molecule has 3 aromatic rings. The lowest BCUT2D eigenvalue weighted by molar-refractivity contribution is 0.246. The first kappa shape index (κ1) is 17.6. The maximum absolute atomic E-state index is 4.58. The number of allylic oxidation sites excluding steroid dienone is 1. The van der Waals surface area contributed by atoms with Gasteiger partial charge >= 0.3 is 0 Å². The maximum Gasteiger partial charge on any atom is 0.0638 e. The fourth-order valence-corrected chi connectivity index (χ4v) is 3.79. The summed E-state index contributed by atoms with van der Waals surface area (Å²) in [7, 11) is 0. The molecule has 0 aliphatic carbocycles. The van der Waals surface area contributed by atoms with Gasteiger partial charge in [0.25, 0.3) is 0 Å². The Morgan fingerprint density at radius 1 is 1.16 bits per heavy atom. The Morgan fingerprint density at radius 2 is 2.04 bits per heavy atom. The maximum atomic E-state index is 4.58. The zero-order valence-corrected chi connectivity index (χ0v) is 15.7. The first-order chi connectivity index (χ1) is 12.1. The molecular weight excluding hydrogens is 328 g/mol. The minimum atomic E-state index is 0.741. The molecule has 0 bridgehead atoms. The summed E-state index contributed by atoms with van der Waals surface area (Å²) in [5.74, 6) is 0. The lowest BCUT2D eigenvalue weighted by Crippen LogP contribution is -2.22. The predicted octanol–water partition coefficient (Wildman–Crippen LogP) is 4.34. The normalized spacial score (nSPS) is 11.2. The first-order valence-electron chi connectivity index (χ1n) is 8.45. The Balaban J connectivity index is 1.78. The molecule has 3 rings (SSSR count). The van der Waals surface area contributed by atoms with E-state index in [1.54, 1.807) is 0 Å². The second-order valence-electron chi connectivity index (χ2n) is 6.23. The van der Waals surface area contributed by atoms with Crippen molar-refractivity contribution in [1.82, 2.24) is 19.7 Å². The van der Waals surface area contributed by atoms with Gasteiger partial charge in [-0.3, -0.25) is 14.6 Å². The summed E-state index contributed by atoms with van der Waals surface area (Å²) in [6.45, 7) is 11.4. The Labute approximate surface area is 153 Å². The molecule has 3 aromatic heterocycles. The van der Waals surface area contributed by atoms with E-state index in [9.17, 15) is 0 Å². The van der Waals surface area contributed by atoms with E-state index < -0.39 is 0 Å². The van der Waals surface area contributed by atoms with Gasteiger partial charge in [-0.25, -0.2) is 0 Å². The molecule has 0 aromatic carbocycles. The molecule has 0 radical (unpaired) electrons. The molecule has 0 saturated heterocycles. The largest absolute Gasteiger partial charge is 0.288 e. The van der Waals surface area contributed by atoms with Crippen LogP contribution in [0.2, 0.25) is 0 Å². The van der Waals surface area contributed by atoms with Crippen molar-refractivity contribution >= 4 is 11.3 Å². The fraction of sp³-hybridized carbons (Fsp3) is 0.300. The first-order valence-corrected chi connectivity index (χ1v) is 9.27. The summed E-state index contributed by atoms with van der Waals surface area (Å²) in [5, 5.41) is 4.58. The third-order valence-corrected chi connectivity index (χ3v) is 5.03. The van der Waals surface area contributed by atoms with Crippen LogP contribution in [0.3, 0.4) is 0 Å². The highest BCUT2D eigenvalue weighted by Crippen LogP contribution is 2.20. The minimum Gasteiger partial charge on any atom is -0.288 e. The quantitative estimate of drug-likeness (QED) is 0.565. The van der Waals surface area contributed by atoms with Crippen molar-refractivity contribution < 1.29 is 0 Å². The number of thiophene rings is 1. The number of aryl methyl sites for hydroxylation is 2. The van der Waals surface area contributed by atoms with Crippen molar-refractivity contribution in [3.8, 4) is 0 Å². The van der Waals surface area contributed by atoms with Gasteiger partial charge < -0.3 is 0 Å². The molecule has 0 atom stereocenters. The lowest BCUT2D eigenvalue weighted by Gasteiger charge is -2.21. The Hall–Kier alpha value is -2.24. The van der Waals surface area contributed by atoms with Gasteiger partial charge in [0.1, 0.15) is 0 Å². The van der Waals surface area contributed by atoms with Crippen LogP contribution in [0.15, 0.2) is 55.4 Å². The van der Waals surface area contributed by atoms with Gasteiger partial charge in [0.15, 0.2) is 0 Å². The van der Waals surface area contributed by atoms with Gasteiger partial charge in [-0.1, -0.05) is 12.1 Å². The van der Waals surface area contributed by atoms with E-state index in [1.807, 2.05) is 40.4 Å². The van der Waals surface area contributed by atoms with Gasteiger partial charge in [-0.2, -0.15) is 5.10 Å². The van der Waals surface area contributed by atoms with E-state index >= 15 is 0 Å². The highest BCUT2D eigenvalue weighted by molar-refractivity contribution is 7.11. The fourth-order valence-electron chi connectivity index (χ4n) is 2.86. The number of nitrogens with zero attached hydrogens (tertiary/aromatic N) is 4. The third kappa shape index (κ3) is 4.87. The summed E-state index contributed by atoms with van der Waals surface area (Å²) in [5.41, 5.74) is 3.42. The van der Waals surface area contributed by atoms with E-state index in [2.05, 4.69) is 59.8 Å². The summed E-state index contributed by atoms with van der Waals surface area (Å²) >= 11 is 1.86. The van der Waals surface area contributed by atoms with E-state index in [4.69, 9.17) is 0 Å². The summed E-state index contributed by atoms with van der Waals surface area (Å²) in [6.07, 6.45) is 5.86. The van der Waals surface area contributed by atoms with Crippen LogP contribution in [0.25, 0.3) is 0 Å². The van der Waals surface area contributed by atoms with Crippen molar-refractivity contribution in [1.29, 1.82) is 0 Å². The molecule has 25 heavy (non-hydrogen) atoms. The Morgan fingerprint density at radius 3 is 2.72 bits per heavy atom. The van der Waals surface area contributed by atoms with Crippen LogP contribution in [0.4, 0.5) is 0 Å². The SMILES string of the molecule is C=CCn1cc(CN(Cc2ccccn2)Cc2ccc(C)s2)c(C)n1. The molecule has 0 unspecified atom stereocenters. The van der Waals surface area contributed by atoms with E-state index in [1.165, 1.54) is 15.3 Å². The molecule has 0 aliphatic heterocycles. The summed E-state index contributed by atoms with van der Waals surface area (Å²) in [4.78, 5) is 9.65. The number of aromatic nitrogens is 3. The molecule has 0 spiro atoms. The Kier molecular flexibility index (Phi) is 5.79. The van der Waals surface area contributed by atoms with E-state index in [-0.39, 0.29) is 0 Å². The van der Waals surface area contributed by atoms with Gasteiger partial charge in [-0.05, 0) is 38.1 Å². The van der Waals surface area contributed by atoms with Crippen LogP contribution in [0.1, 0.15) is 26.7 Å². The van der Waals surface area contributed by atoms with Crippen molar-refractivity contribution in [3.05, 3.63) is 82.1 Å². The molecule has 0 amide bonds. The van der Waals surface area contributed by atoms with Crippen molar-refractivity contribution in [2.45, 2.75) is 40.0 Å². The average molecular weight is 353 g/mol. The average Bonchev–Trinajstić information content (AvgIpc) is 3.14. The van der Waals surface area contributed by atoms with Crippen molar-refractivity contribution in [3.63, 3.8) is 0 Å². The topological polar surface area (TPSA) is 34.0 Å². The lowest BCUT2D eigenvalue weighted by atomic mass is 10.2. The molecule has 0 fully saturated rings. The monoisotopic (exact) mass is 352 g/mol. The minimum absolute atomic E-state index is 0.741. The summed E-state index contributed by atoms with van der Waals surface area (Å²) < 4.78 is 1.95. The number of pyridine rings is 1. The molecule has 3 heterocycles. The number of hydrogen-bond acceptors (Lipinski definition) is 4. The van der Waals surface area contributed by atoms with Gasteiger partial charge in [-0.15, -0.1) is 17.9 Å². The van der Waals surface area contributed by atoms with Crippen LogP contribution < -0.4 is 0 Å². The van der Waals surface area contributed by atoms with Crippen LogP contribution in [-0.4, -0.2) is 19.7 Å². The van der Waals surface area contributed by atoms with Gasteiger partial charge in [0.05, 0.1) is 17.9 Å². The van der Waals surface area contributed by atoms with Crippen molar-refractivity contribution in [2.24, 2.45) is 0 Å². The summed E-state index contributed by atoms with van der Waals surface area (Å²) in [6, 6.07) is 10.5.